The van der Waals surface area contributed by atoms with Gasteiger partial charge < -0.3 is 15.0 Å². The number of benzene rings is 3. The van der Waals surface area contributed by atoms with Crippen molar-refractivity contribution in [2.75, 3.05) is 33.6 Å². The Hall–Kier alpha value is -3.69. The molecule has 35 heavy (non-hydrogen) atoms. The van der Waals surface area contributed by atoms with Crippen molar-refractivity contribution in [2.24, 2.45) is 0 Å². The quantitative estimate of drug-likeness (QED) is 0.509. The summed E-state index contributed by atoms with van der Waals surface area (Å²) in [6.45, 7) is 1.86. The van der Waals surface area contributed by atoms with Crippen LogP contribution in [0.4, 0.5) is 5.69 Å². The van der Waals surface area contributed by atoms with Crippen molar-refractivity contribution in [1.82, 2.24) is 9.21 Å². The van der Waals surface area contributed by atoms with Crippen molar-refractivity contribution >= 4 is 27.5 Å². The van der Waals surface area contributed by atoms with Gasteiger partial charge in [0.25, 0.3) is 11.8 Å². The summed E-state index contributed by atoms with van der Waals surface area (Å²) in [6.07, 6.45) is 0. The van der Waals surface area contributed by atoms with E-state index in [0.717, 1.165) is 9.87 Å². The third-order valence-electron chi connectivity index (χ3n) is 5.73. The van der Waals surface area contributed by atoms with E-state index < -0.39 is 10.0 Å². The Morgan fingerprint density at radius 1 is 0.886 bits per heavy atom. The number of sulfonamides is 1. The molecule has 8 nitrogen and oxygen atoms in total. The van der Waals surface area contributed by atoms with E-state index in [2.05, 4.69) is 5.32 Å². The van der Waals surface area contributed by atoms with Gasteiger partial charge in [0.15, 0.2) is 0 Å². The lowest BCUT2D eigenvalue weighted by Crippen LogP contribution is -2.30. The molecule has 9 heteroatoms. The number of anilines is 1. The highest BCUT2D eigenvalue weighted by molar-refractivity contribution is 7.89. The largest absolute Gasteiger partial charge is 0.495 e. The number of nitrogens with zero attached hydrogens (tertiary/aromatic N) is 2. The Morgan fingerprint density at radius 2 is 1.57 bits per heavy atom. The predicted molar refractivity (Wildman–Crippen MR) is 135 cm³/mol. The van der Waals surface area contributed by atoms with Crippen LogP contribution >= 0.6 is 0 Å². The Morgan fingerprint density at radius 3 is 2.20 bits per heavy atom. The van der Waals surface area contributed by atoms with E-state index in [1.807, 2.05) is 25.1 Å². The number of nitrogens with one attached hydrogen (secondary N) is 1. The summed E-state index contributed by atoms with van der Waals surface area (Å²) in [7, 11) is 2.04. The normalized spacial score (nSPS) is 12.2. The first kappa shape index (κ1) is 25.9. The summed E-state index contributed by atoms with van der Waals surface area (Å²) in [4.78, 5) is 27.2. The van der Waals surface area contributed by atoms with Crippen LogP contribution in [-0.2, 0) is 10.0 Å². The SMILES string of the molecule is COc1ccc(C(=O)N(C)C(C)c2cccc(NC(=O)c3ccccc3)c2)cc1S(=O)(=O)N(C)C. The minimum Gasteiger partial charge on any atom is -0.495 e. The van der Waals surface area contributed by atoms with Crippen molar-refractivity contribution in [3.05, 3.63) is 89.5 Å². The molecule has 1 atom stereocenters. The third-order valence-corrected chi connectivity index (χ3v) is 7.57. The molecule has 0 bridgehead atoms. The van der Waals surface area contributed by atoms with Crippen molar-refractivity contribution in [2.45, 2.75) is 17.9 Å². The molecule has 0 aliphatic rings. The van der Waals surface area contributed by atoms with Crippen LogP contribution in [0.25, 0.3) is 0 Å². The highest BCUT2D eigenvalue weighted by Gasteiger charge is 2.26. The molecule has 3 rings (SSSR count). The summed E-state index contributed by atoms with van der Waals surface area (Å²) in [5.41, 5.74) is 2.17. The van der Waals surface area contributed by atoms with E-state index in [9.17, 15) is 18.0 Å². The molecule has 0 spiro atoms. The highest BCUT2D eigenvalue weighted by atomic mass is 32.2. The lowest BCUT2D eigenvalue weighted by molar-refractivity contribution is 0.0742. The molecule has 3 aromatic rings. The minimum absolute atomic E-state index is 0.0810. The molecule has 0 radical (unpaired) electrons. The zero-order valence-electron chi connectivity index (χ0n) is 20.3. The molecular formula is C26H29N3O5S. The van der Waals surface area contributed by atoms with Gasteiger partial charge in [-0.25, -0.2) is 12.7 Å². The summed E-state index contributed by atoms with van der Waals surface area (Å²) in [5.74, 6) is -0.422. The average molecular weight is 496 g/mol. The number of carbonyl (C=O) groups excluding carboxylic acids is 2. The van der Waals surface area contributed by atoms with Crippen LogP contribution in [0.5, 0.6) is 5.75 Å². The zero-order chi connectivity index (χ0) is 25.8. The van der Waals surface area contributed by atoms with Crippen molar-refractivity contribution in [1.29, 1.82) is 0 Å². The van der Waals surface area contributed by atoms with E-state index in [4.69, 9.17) is 4.74 Å². The molecule has 1 unspecified atom stereocenters. The van der Waals surface area contributed by atoms with Gasteiger partial charge in [0.1, 0.15) is 10.6 Å². The number of hydrogen-bond donors (Lipinski definition) is 1. The molecule has 1 N–H and O–H groups in total. The predicted octanol–water partition coefficient (Wildman–Crippen LogP) is 4.03. The van der Waals surface area contributed by atoms with Gasteiger partial charge in [-0.3, -0.25) is 9.59 Å². The summed E-state index contributed by atoms with van der Waals surface area (Å²) < 4.78 is 31.7. The molecule has 0 aromatic heterocycles. The second-order valence-corrected chi connectivity index (χ2v) is 10.3. The molecule has 2 amide bonds. The van der Waals surface area contributed by atoms with Gasteiger partial charge in [0, 0.05) is 38.0 Å². The van der Waals surface area contributed by atoms with Crippen LogP contribution in [0.2, 0.25) is 0 Å². The first-order valence-corrected chi connectivity index (χ1v) is 12.3. The Kier molecular flexibility index (Phi) is 7.93. The monoisotopic (exact) mass is 495 g/mol. The molecule has 0 saturated carbocycles. The third kappa shape index (κ3) is 5.70. The standard InChI is InChI=1S/C26H29N3O5S/c1-18(20-12-9-13-22(16-20)27-25(30)19-10-7-6-8-11-19)29(4)26(31)21-14-15-23(34-5)24(17-21)35(32,33)28(2)3/h6-18H,1-5H3,(H,27,30). The average Bonchev–Trinajstić information content (AvgIpc) is 2.87. The second kappa shape index (κ2) is 10.7. The van der Waals surface area contributed by atoms with Crippen molar-refractivity contribution < 1.29 is 22.7 Å². The zero-order valence-corrected chi connectivity index (χ0v) is 21.2. The summed E-state index contributed by atoms with van der Waals surface area (Å²) >= 11 is 0. The summed E-state index contributed by atoms with van der Waals surface area (Å²) in [5, 5.41) is 2.87. The fraction of sp³-hybridized carbons (Fsp3) is 0.231. The van der Waals surface area contributed by atoms with Crippen LogP contribution < -0.4 is 10.1 Å². The lowest BCUT2D eigenvalue weighted by atomic mass is 10.0. The maximum Gasteiger partial charge on any atom is 0.255 e. The van der Waals surface area contributed by atoms with Crippen molar-refractivity contribution in [3.8, 4) is 5.75 Å². The number of carbonyl (C=O) groups is 2. The fourth-order valence-corrected chi connectivity index (χ4v) is 4.56. The van der Waals surface area contributed by atoms with E-state index in [1.54, 1.807) is 43.4 Å². The van der Waals surface area contributed by atoms with E-state index in [-0.39, 0.29) is 34.1 Å². The van der Waals surface area contributed by atoms with Crippen LogP contribution in [0, 0.1) is 0 Å². The topological polar surface area (TPSA) is 96.0 Å². The Labute approximate surface area is 206 Å². The van der Waals surface area contributed by atoms with Gasteiger partial charge in [0.2, 0.25) is 10.0 Å². The molecular weight excluding hydrogens is 466 g/mol. The number of rotatable bonds is 8. The van der Waals surface area contributed by atoms with Gasteiger partial charge in [-0.05, 0) is 55.0 Å². The number of hydrogen-bond acceptors (Lipinski definition) is 5. The molecule has 184 valence electrons. The van der Waals surface area contributed by atoms with Crippen LogP contribution in [0.15, 0.2) is 77.7 Å². The Balaban J connectivity index is 1.84. The molecule has 0 aliphatic carbocycles. The van der Waals surface area contributed by atoms with E-state index >= 15 is 0 Å². The number of amides is 2. The number of ether oxygens (including phenoxy) is 1. The first-order valence-electron chi connectivity index (χ1n) is 10.9. The van der Waals surface area contributed by atoms with Crippen LogP contribution in [0.3, 0.4) is 0 Å². The molecule has 0 saturated heterocycles. The number of methoxy groups -OCH3 is 1. The van der Waals surface area contributed by atoms with Gasteiger partial charge >= 0.3 is 0 Å². The highest BCUT2D eigenvalue weighted by Crippen LogP contribution is 2.29. The van der Waals surface area contributed by atoms with Crippen LogP contribution in [-0.4, -0.2) is 57.7 Å². The van der Waals surface area contributed by atoms with Gasteiger partial charge in [-0.1, -0.05) is 30.3 Å². The van der Waals surface area contributed by atoms with E-state index in [0.29, 0.717) is 11.3 Å². The molecule has 0 heterocycles. The Bertz CT molecular complexity index is 1320. The van der Waals surface area contributed by atoms with Gasteiger partial charge in [-0.15, -0.1) is 0 Å². The van der Waals surface area contributed by atoms with Crippen molar-refractivity contribution in [3.63, 3.8) is 0 Å². The van der Waals surface area contributed by atoms with Gasteiger partial charge in [-0.2, -0.15) is 0 Å². The first-order chi connectivity index (χ1) is 16.6. The van der Waals surface area contributed by atoms with Crippen LogP contribution in [0.1, 0.15) is 39.2 Å². The lowest BCUT2D eigenvalue weighted by Gasteiger charge is -2.26. The molecule has 0 aliphatic heterocycles. The van der Waals surface area contributed by atoms with Gasteiger partial charge in [0.05, 0.1) is 13.2 Å². The maximum atomic E-state index is 13.3. The fourth-order valence-electron chi connectivity index (χ4n) is 3.48. The second-order valence-electron chi connectivity index (χ2n) is 8.19. The molecule has 0 fully saturated rings. The maximum absolute atomic E-state index is 13.3. The minimum atomic E-state index is -3.82. The molecule has 3 aromatic carbocycles. The van der Waals surface area contributed by atoms with E-state index in [1.165, 1.54) is 44.3 Å². The summed E-state index contributed by atoms with van der Waals surface area (Å²) in [6, 6.07) is 20.1. The smallest absolute Gasteiger partial charge is 0.255 e.